The summed E-state index contributed by atoms with van der Waals surface area (Å²) in [5.41, 5.74) is 0. The summed E-state index contributed by atoms with van der Waals surface area (Å²) in [4.78, 5) is 17.2. The molecule has 1 aromatic rings. The summed E-state index contributed by atoms with van der Waals surface area (Å²) < 4.78 is 0. The van der Waals surface area contributed by atoms with E-state index in [0.717, 1.165) is 37.9 Å². The van der Waals surface area contributed by atoms with Gasteiger partial charge in [0.15, 0.2) is 0 Å². The Bertz CT molecular complexity index is 356. The van der Waals surface area contributed by atoms with Crippen LogP contribution in [0.2, 0.25) is 5.02 Å². The molecule has 0 aliphatic carbocycles. The van der Waals surface area contributed by atoms with Gasteiger partial charge >= 0.3 is 0 Å². The Labute approximate surface area is 94.1 Å². The van der Waals surface area contributed by atoms with Crippen molar-refractivity contribution in [2.75, 3.05) is 11.4 Å². The van der Waals surface area contributed by atoms with E-state index in [-0.39, 0.29) is 6.04 Å². The lowest BCUT2D eigenvalue weighted by molar-refractivity contribution is -0.109. The molecule has 2 rings (SSSR count). The molecular formula is C11H13ClN2O. The number of pyridine rings is 1. The highest BCUT2D eigenvalue weighted by atomic mass is 35.5. The van der Waals surface area contributed by atoms with Gasteiger partial charge in [-0.25, -0.2) is 4.98 Å². The van der Waals surface area contributed by atoms with E-state index in [1.807, 2.05) is 4.90 Å². The van der Waals surface area contributed by atoms with Crippen molar-refractivity contribution in [2.24, 2.45) is 0 Å². The van der Waals surface area contributed by atoms with Gasteiger partial charge in [-0.3, -0.25) is 0 Å². The molecule has 1 aliphatic heterocycles. The van der Waals surface area contributed by atoms with E-state index in [2.05, 4.69) is 4.98 Å². The quantitative estimate of drug-likeness (QED) is 0.723. The lowest BCUT2D eigenvalue weighted by atomic mass is 10.0. The van der Waals surface area contributed by atoms with Gasteiger partial charge in [0, 0.05) is 12.7 Å². The normalized spacial score (nSPS) is 21.4. The second kappa shape index (κ2) is 4.62. The average molecular weight is 225 g/mol. The molecule has 0 aromatic carbocycles. The molecule has 0 N–H and O–H groups in total. The van der Waals surface area contributed by atoms with Crippen LogP contribution in [0, 0.1) is 0 Å². The maximum atomic E-state index is 10.9. The van der Waals surface area contributed by atoms with Crippen LogP contribution < -0.4 is 4.90 Å². The van der Waals surface area contributed by atoms with E-state index in [1.54, 1.807) is 18.3 Å². The molecule has 4 heteroatoms. The molecule has 1 saturated heterocycles. The number of aldehydes is 1. The number of hydrogen-bond acceptors (Lipinski definition) is 3. The molecule has 80 valence electrons. The van der Waals surface area contributed by atoms with Crippen LogP contribution in [0.3, 0.4) is 0 Å². The van der Waals surface area contributed by atoms with Crippen molar-refractivity contribution in [3.8, 4) is 0 Å². The highest BCUT2D eigenvalue weighted by Gasteiger charge is 2.24. The Morgan fingerprint density at radius 1 is 1.53 bits per heavy atom. The zero-order chi connectivity index (χ0) is 10.7. The minimum Gasteiger partial charge on any atom is -0.346 e. The van der Waals surface area contributed by atoms with Gasteiger partial charge in [-0.2, -0.15) is 0 Å². The second-order valence-electron chi connectivity index (χ2n) is 3.70. The molecule has 0 bridgehead atoms. The summed E-state index contributed by atoms with van der Waals surface area (Å²) >= 11 is 6.06. The summed E-state index contributed by atoms with van der Waals surface area (Å²) in [5, 5.41) is 0.617. The molecule has 1 atom stereocenters. The fraction of sp³-hybridized carbons (Fsp3) is 0.455. The Hall–Kier alpha value is -1.09. The third-order valence-electron chi connectivity index (χ3n) is 2.72. The molecule has 1 unspecified atom stereocenters. The average Bonchev–Trinajstić information content (AvgIpc) is 2.30. The Kier molecular flexibility index (Phi) is 3.21. The number of hydrogen-bond donors (Lipinski definition) is 0. The lowest BCUT2D eigenvalue weighted by Crippen LogP contribution is -2.41. The van der Waals surface area contributed by atoms with Crippen molar-refractivity contribution in [1.82, 2.24) is 4.98 Å². The highest BCUT2D eigenvalue weighted by molar-refractivity contribution is 6.33. The molecule has 0 amide bonds. The van der Waals surface area contributed by atoms with Crippen molar-refractivity contribution < 1.29 is 4.79 Å². The molecule has 0 radical (unpaired) electrons. The molecule has 3 nitrogen and oxygen atoms in total. The van der Waals surface area contributed by atoms with Gasteiger partial charge in [-0.15, -0.1) is 0 Å². The summed E-state index contributed by atoms with van der Waals surface area (Å²) in [6.07, 6.45) is 5.79. The number of nitrogens with zero attached hydrogens (tertiary/aromatic N) is 2. The van der Waals surface area contributed by atoms with Crippen LogP contribution >= 0.6 is 11.6 Å². The molecule has 1 aromatic heterocycles. The van der Waals surface area contributed by atoms with Gasteiger partial charge in [0.2, 0.25) is 0 Å². The zero-order valence-electron chi connectivity index (χ0n) is 8.40. The van der Waals surface area contributed by atoms with Crippen LogP contribution in [0.25, 0.3) is 0 Å². The maximum Gasteiger partial charge on any atom is 0.147 e. The highest BCUT2D eigenvalue weighted by Crippen LogP contribution is 2.27. The number of halogens is 1. The minimum atomic E-state index is -0.0637. The van der Waals surface area contributed by atoms with Crippen LogP contribution in [-0.2, 0) is 4.79 Å². The third-order valence-corrected chi connectivity index (χ3v) is 3.01. The predicted molar refractivity (Wildman–Crippen MR) is 60.3 cm³/mol. The second-order valence-corrected chi connectivity index (χ2v) is 4.11. The lowest BCUT2D eigenvalue weighted by Gasteiger charge is -2.33. The summed E-state index contributed by atoms with van der Waals surface area (Å²) in [7, 11) is 0. The van der Waals surface area contributed by atoms with Crippen molar-refractivity contribution in [2.45, 2.75) is 25.3 Å². The summed E-state index contributed by atoms with van der Waals surface area (Å²) in [5.74, 6) is 0.732. The SMILES string of the molecule is O=CC1CCCCN1c1ncccc1Cl. The van der Waals surface area contributed by atoms with Crippen LogP contribution in [0.15, 0.2) is 18.3 Å². The van der Waals surface area contributed by atoms with E-state index in [4.69, 9.17) is 11.6 Å². The minimum absolute atomic E-state index is 0.0637. The Balaban J connectivity index is 2.28. The maximum absolute atomic E-state index is 10.9. The first kappa shape index (κ1) is 10.4. The number of carbonyl (C=O) groups excluding carboxylic acids is 1. The fourth-order valence-electron chi connectivity index (χ4n) is 1.95. The largest absolute Gasteiger partial charge is 0.346 e. The molecule has 15 heavy (non-hydrogen) atoms. The van der Waals surface area contributed by atoms with Gasteiger partial charge in [0.05, 0.1) is 11.1 Å². The fourth-order valence-corrected chi connectivity index (χ4v) is 2.18. The molecule has 0 spiro atoms. The number of anilines is 1. The first-order chi connectivity index (χ1) is 7.33. The number of carbonyl (C=O) groups is 1. The zero-order valence-corrected chi connectivity index (χ0v) is 9.15. The smallest absolute Gasteiger partial charge is 0.147 e. The van der Waals surface area contributed by atoms with E-state index in [9.17, 15) is 4.79 Å². The molecule has 0 saturated carbocycles. The predicted octanol–water partition coefficient (Wildman–Crippen LogP) is 2.29. The van der Waals surface area contributed by atoms with Gasteiger partial charge in [-0.05, 0) is 31.4 Å². The number of piperidine rings is 1. The monoisotopic (exact) mass is 224 g/mol. The first-order valence-electron chi connectivity index (χ1n) is 5.15. The molecule has 1 aliphatic rings. The van der Waals surface area contributed by atoms with Crippen molar-refractivity contribution in [3.63, 3.8) is 0 Å². The van der Waals surface area contributed by atoms with E-state index >= 15 is 0 Å². The van der Waals surface area contributed by atoms with Crippen LogP contribution in [0.1, 0.15) is 19.3 Å². The first-order valence-corrected chi connectivity index (χ1v) is 5.53. The van der Waals surface area contributed by atoms with E-state index in [1.165, 1.54) is 0 Å². The van der Waals surface area contributed by atoms with Crippen LogP contribution in [0.5, 0.6) is 0 Å². The van der Waals surface area contributed by atoms with Crippen molar-refractivity contribution in [3.05, 3.63) is 23.4 Å². The van der Waals surface area contributed by atoms with Gasteiger partial charge in [0.1, 0.15) is 12.1 Å². The molecule has 1 fully saturated rings. The van der Waals surface area contributed by atoms with Crippen molar-refractivity contribution in [1.29, 1.82) is 0 Å². The number of rotatable bonds is 2. The van der Waals surface area contributed by atoms with Gasteiger partial charge in [0.25, 0.3) is 0 Å². The Morgan fingerprint density at radius 3 is 3.13 bits per heavy atom. The van der Waals surface area contributed by atoms with Crippen LogP contribution in [0.4, 0.5) is 5.82 Å². The Morgan fingerprint density at radius 2 is 2.40 bits per heavy atom. The topological polar surface area (TPSA) is 33.2 Å². The molecular weight excluding hydrogens is 212 g/mol. The third kappa shape index (κ3) is 2.12. The summed E-state index contributed by atoms with van der Waals surface area (Å²) in [6, 6.07) is 3.54. The van der Waals surface area contributed by atoms with Crippen LogP contribution in [-0.4, -0.2) is 23.9 Å². The van der Waals surface area contributed by atoms with Gasteiger partial charge < -0.3 is 9.69 Å². The number of aromatic nitrogens is 1. The summed E-state index contributed by atoms with van der Waals surface area (Å²) in [6.45, 7) is 0.861. The van der Waals surface area contributed by atoms with Gasteiger partial charge in [-0.1, -0.05) is 11.6 Å². The molecule has 2 heterocycles. The standard InChI is InChI=1S/C11H13ClN2O/c12-10-5-3-6-13-11(10)14-7-2-1-4-9(14)8-15/h3,5-6,8-9H,1-2,4,7H2. The van der Waals surface area contributed by atoms with Crippen molar-refractivity contribution >= 4 is 23.7 Å². The van der Waals surface area contributed by atoms with E-state index in [0.29, 0.717) is 5.02 Å². The van der Waals surface area contributed by atoms with E-state index < -0.39 is 0 Å².